The molecule has 0 amide bonds. The van der Waals surface area contributed by atoms with Gasteiger partial charge in [-0.25, -0.2) is 0 Å². The summed E-state index contributed by atoms with van der Waals surface area (Å²) in [6.07, 6.45) is 33.2. The fraction of sp³-hybridized carbons (Fsp3) is 1.00. The van der Waals surface area contributed by atoms with E-state index < -0.39 is 0 Å². The number of quaternary nitrogens is 3. The smallest absolute Gasteiger partial charge is 0.0786 e. The van der Waals surface area contributed by atoms with Crippen LogP contribution in [0.5, 0.6) is 0 Å². The van der Waals surface area contributed by atoms with Crippen LogP contribution in [0.15, 0.2) is 0 Å². The number of rotatable bonds is 36. The molecule has 0 fully saturated rings. The number of hydrogen-bond acceptors (Lipinski definition) is 0. The predicted octanol–water partition coefficient (Wildman–Crippen LogP) is 6.02. The molecule has 0 unspecified atom stereocenters. The van der Waals surface area contributed by atoms with Gasteiger partial charge in [0.1, 0.15) is 0 Å². The monoisotopic (exact) mass is 784 g/mol. The Morgan fingerprint density at radius 3 is 0.296 bits per heavy atom. The summed E-state index contributed by atoms with van der Waals surface area (Å²) in [6, 6.07) is 0. The van der Waals surface area contributed by atoms with E-state index in [1.54, 1.807) is 0 Å². The van der Waals surface area contributed by atoms with Crippen LogP contribution < -0.4 is 14.1 Å². The highest BCUT2D eigenvalue weighted by molar-refractivity contribution is 4.52. The molecule has 54 heavy (non-hydrogen) atoms. The van der Waals surface area contributed by atoms with Crippen LogP contribution in [0.3, 0.4) is 0 Å². The van der Waals surface area contributed by atoms with Crippen molar-refractivity contribution in [1.82, 2.24) is 0 Å². The Bertz CT molecular complexity index is 451. The minimum absolute atomic E-state index is 0. The van der Waals surface area contributed by atoms with Crippen molar-refractivity contribution in [2.45, 2.75) is 237 Å². The van der Waals surface area contributed by atoms with E-state index in [4.69, 9.17) is 0 Å². The SMILES string of the molecule is CCCC[N+](CCCC)(CCCC)CCCC.CCCC[N+](CCCC)(CCCC)CCCC.CCCC[N+](CCCC)(CCCC)CCCC.[F-].[F-].[F-]. The van der Waals surface area contributed by atoms with Gasteiger partial charge in [-0.1, -0.05) is 160 Å². The molecule has 6 heteroatoms. The molecule has 336 valence electrons. The molecule has 0 atom stereocenters. The zero-order valence-corrected chi connectivity index (χ0v) is 39.9. The molecule has 0 N–H and O–H groups in total. The topological polar surface area (TPSA) is 0 Å². The maximum absolute atomic E-state index is 2.33. The molecule has 0 aliphatic carbocycles. The van der Waals surface area contributed by atoms with Crippen LogP contribution in [0.1, 0.15) is 237 Å². The van der Waals surface area contributed by atoms with Crippen LogP contribution in [0.4, 0.5) is 0 Å². The van der Waals surface area contributed by atoms with Crippen molar-refractivity contribution in [1.29, 1.82) is 0 Å². The molecular formula is C48H108F3N3. The van der Waals surface area contributed by atoms with Crippen LogP contribution in [0, 0.1) is 0 Å². The number of halogens is 3. The van der Waals surface area contributed by atoms with E-state index in [-0.39, 0.29) is 14.1 Å². The number of unbranched alkanes of at least 4 members (excludes halogenated alkanes) is 12. The highest BCUT2D eigenvalue weighted by Gasteiger charge is 2.26. The molecule has 0 heterocycles. The van der Waals surface area contributed by atoms with Crippen molar-refractivity contribution < 1.29 is 27.6 Å². The lowest BCUT2D eigenvalue weighted by Crippen LogP contribution is -3.00. The van der Waals surface area contributed by atoms with Crippen LogP contribution in [-0.4, -0.2) is 92.0 Å². The highest BCUT2D eigenvalue weighted by Crippen LogP contribution is 2.19. The zero-order chi connectivity index (χ0) is 39.0. The van der Waals surface area contributed by atoms with Gasteiger partial charge in [0.2, 0.25) is 0 Å². The van der Waals surface area contributed by atoms with Crippen molar-refractivity contribution in [2.75, 3.05) is 78.5 Å². The lowest BCUT2D eigenvalue weighted by Gasteiger charge is -2.39. The average molecular weight is 784 g/mol. The minimum Gasteiger partial charge on any atom is -1.00 e. The summed E-state index contributed by atoms with van der Waals surface area (Å²) in [6.45, 7) is 45.1. The molecule has 0 aromatic rings. The first kappa shape index (κ1) is 65.5. The van der Waals surface area contributed by atoms with E-state index in [0.29, 0.717) is 0 Å². The van der Waals surface area contributed by atoms with E-state index in [9.17, 15) is 0 Å². The first-order valence-corrected chi connectivity index (χ1v) is 24.3. The van der Waals surface area contributed by atoms with Crippen molar-refractivity contribution in [2.24, 2.45) is 0 Å². The summed E-state index contributed by atoms with van der Waals surface area (Å²) in [7, 11) is 0. The largest absolute Gasteiger partial charge is 1.00 e. The molecule has 0 aromatic carbocycles. The van der Waals surface area contributed by atoms with E-state index in [1.165, 1.54) is 246 Å². The van der Waals surface area contributed by atoms with Gasteiger partial charge in [0.15, 0.2) is 0 Å². The first-order valence-electron chi connectivity index (χ1n) is 24.3. The fourth-order valence-electron chi connectivity index (χ4n) is 7.93. The summed E-state index contributed by atoms with van der Waals surface area (Å²) in [5, 5.41) is 0. The molecule has 0 saturated carbocycles. The quantitative estimate of drug-likeness (QED) is 0.0683. The Labute approximate surface area is 342 Å². The lowest BCUT2D eigenvalue weighted by atomic mass is 10.1. The summed E-state index contributed by atoms with van der Waals surface area (Å²) in [5.41, 5.74) is 0. The third-order valence-electron chi connectivity index (χ3n) is 11.8. The van der Waals surface area contributed by atoms with E-state index in [0.717, 1.165) is 0 Å². The number of hydrogen-bond donors (Lipinski definition) is 0. The fourth-order valence-corrected chi connectivity index (χ4v) is 7.93. The van der Waals surface area contributed by atoms with Gasteiger partial charge in [-0.15, -0.1) is 0 Å². The van der Waals surface area contributed by atoms with Gasteiger partial charge in [0, 0.05) is 0 Å². The van der Waals surface area contributed by atoms with E-state index in [2.05, 4.69) is 83.1 Å². The maximum atomic E-state index is 2.33. The van der Waals surface area contributed by atoms with Crippen molar-refractivity contribution in [3.8, 4) is 0 Å². The minimum atomic E-state index is 0. The van der Waals surface area contributed by atoms with Gasteiger partial charge in [0.25, 0.3) is 0 Å². The van der Waals surface area contributed by atoms with Gasteiger partial charge in [-0.05, 0) is 77.0 Å². The summed E-state index contributed by atoms with van der Waals surface area (Å²) in [5.74, 6) is 0. The highest BCUT2D eigenvalue weighted by atomic mass is 19.0. The van der Waals surface area contributed by atoms with Gasteiger partial charge in [-0.3, -0.25) is 0 Å². The second kappa shape index (κ2) is 48.8. The number of nitrogens with zero attached hydrogens (tertiary/aromatic N) is 3. The van der Waals surface area contributed by atoms with Crippen LogP contribution >= 0.6 is 0 Å². The molecule has 0 radical (unpaired) electrons. The molecule has 0 spiro atoms. The van der Waals surface area contributed by atoms with E-state index in [1.807, 2.05) is 0 Å². The van der Waals surface area contributed by atoms with Crippen molar-refractivity contribution >= 4 is 0 Å². The molecule has 0 rings (SSSR count). The van der Waals surface area contributed by atoms with Crippen LogP contribution in [-0.2, 0) is 0 Å². The second-order valence-electron chi connectivity index (χ2n) is 17.0. The normalized spacial score (nSPS) is 11.3. The molecule has 0 aromatic heterocycles. The van der Waals surface area contributed by atoms with Gasteiger partial charge >= 0.3 is 0 Å². The molecule has 0 aliphatic heterocycles. The Hall–Kier alpha value is -0.330. The summed E-state index contributed by atoms with van der Waals surface area (Å²) in [4.78, 5) is 0. The summed E-state index contributed by atoms with van der Waals surface area (Å²) < 4.78 is 4.26. The molecule has 3 nitrogen and oxygen atoms in total. The average Bonchev–Trinajstić information content (AvgIpc) is 3.16. The molecule has 0 bridgehead atoms. The molecular weight excluding hydrogens is 676 g/mol. The second-order valence-corrected chi connectivity index (χ2v) is 17.0. The third kappa shape index (κ3) is 37.3. The lowest BCUT2D eigenvalue weighted by molar-refractivity contribution is -0.929. The zero-order valence-electron chi connectivity index (χ0n) is 39.9. The summed E-state index contributed by atoms with van der Waals surface area (Å²) >= 11 is 0. The van der Waals surface area contributed by atoms with Gasteiger partial charge in [0.05, 0.1) is 78.5 Å². The standard InChI is InChI=1S/3C16H36N.3FH/c3*1-5-9-13-17(14-10-6-2,15-11-7-3)16-12-8-4;;;/h3*5-16H2,1-4H3;3*1H/q3*+1;;;/p-3. The van der Waals surface area contributed by atoms with Crippen molar-refractivity contribution in [3.05, 3.63) is 0 Å². The Morgan fingerprint density at radius 2 is 0.241 bits per heavy atom. The van der Waals surface area contributed by atoms with Crippen molar-refractivity contribution in [3.63, 3.8) is 0 Å². The van der Waals surface area contributed by atoms with Gasteiger partial charge < -0.3 is 27.6 Å². The van der Waals surface area contributed by atoms with Crippen LogP contribution in [0.2, 0.25) is 0 Å². The first-order chi connectivity index (χ1) is 24.7. The Kier molecular flexibility index (Phi) is 59.2. The maximum Gasteiger partial charge on any atom is 0.0786 e. The van der Waals surface area contributed by atoms with E-state index >= 15 is 0 Å². The van der Waals surface area contributed by atoms with Crippen LogP contribution in [0.25, 0.3) is 0 Å². The van der Waals surface area contributed by atoms with Gasteiger partial charge in [-0.2, -0.15) is 0 Å². The molecule has 0 saturated heterocycles. The molecule has 0 aliphatic rings. The Morgan fingerprint density at radius 1 is 0.167 bits per heavy atom. The predicted molar refractivity (Wildman–Crippen MR) is 238 cm³/mol. The Balaban J connectivity index is -0.000000156. The third-order valence-corrected chi connectivity index (χ3v) is 11.8.